The van der Waals surface area contributed by atoms with E-state index in [9.17, 15) is 20.2 Å². The highest BCUT2D eigenvalue weighted by Gasteiger charge is 2.17. The molecular formula is C8H6Cl2N6O4. The second-order valence-electron chi connectivity index (χ2n) is 3.15. The van der Waals surface area contributed by atoms with Gasteiger partial charge in [-0.2, -0.15) is 5.10 Å². The Labute approximate surface area is 121 Å². The van der Waals surface area contributed by atoms with Crippen molar-refractivity contribution < 1.29 is 9.96 Å². The Morgan fingerprint density at radius 1 is 1.35 bits per heavy atom. The van der Waals surface area contributed by atoms with E-state index >= 15 is 0 Å². The van der Waals surface area contributed by atoms with Crippen LogP contribution in [0.15, 0.2) is 22.3 Å². The number of guanidine groups is 1. The molecule has 12 heteroatoms. The molecule has 10 nitrogen and oxygen atoms in total. The Kier molecular flexibility index (Phi) is 5.17. The highest BCUT2D eigenvalue weighted by molar-refractivity contribution is 6.40. The highest BCUT2D eigenvalue weighted by Crippen LogP contribution is 2.31. The number of halogens is 2. The Balaban J connectivity index is 3.06. The third kappa shape index (κ3) is 4.03. The molecule has 0 amide bonds. The fourth-order valence-corrected chi connectivity index (χ4v) is 1.62. The van der Waals surface area contributed by atoms with Crippen molar-refractivity contribution >= 4 is 41.1 Å². The van der Waals surface area contributed by atoms with E-state index in [1.54, 1.807) is 5.43 Å². The van der Waals surface area contributed by atoms with E-state index in [1.165, 1.54) is 6.07 Å². The van der Waals surface area contributed by atoms with Crippen LogP contribution in [0.25, 0.3) is 0 Å². The molecule has 0 saturated carbocycles. The quantitative estimate of drug-likeness (QED) is 0.370. The van der Waals surface area contributed by atoms with Gasteiger partial charge in [0.2, 0.25) is 0 Å². The van der Waals surface area contributed by atoms with Crippen LogP contribution < -0.4 is 11.2 Å². The number of rotatable bonds is 4. The number of hydrogen-bond acceptors (Lipinski definition) is 6. The minimum atomic E-state index is -0.929. The molecule has 0 unspecified atom stereocenters. The molecule has 20 heavy (non-hydrogen) atoms. The van der Waals surface area contributed by atoms with Gasteiger partial charge in [-0.15, -0.1) is 5.10 Å². The fourth-order valence-electron chi connectivity index (χ4n) is 1.08. The number of nitrogens with zero attached hydrogens (tertiary/aromatic N) is 4. The van der Waals surface area contributed by atoms with Gasteiger partial charge in [0.05, 0.1) is 16.2 Å². The van der Waals surface area contributed by atoms with Gasteiger partial charge in [0, 0.05) is 11.6 Å². The SMILES string of the molecule is NC(=N/N=C\c1c(Cl)ccc([N+](=O)[O-])c1Cl)N[N+](=O)[O-]. The summed E-state index contributed by atoms with van der Waals surface area (Å²) in [7, 11) is 0. The van der Waals surface area contributed by atoms with Crippen molar-refractivity contribution in [2.45, 2.75) is 0 Å². The lowest BCUT2D eigenvalue weighted by molar-refractivity contribution is -0.525. The van der Waals surface area contributed by atoms with Gasteiger partial charge < -0.3 is 5.73 Å². The maximum atomic E-state index is 10.7. The van der Waals surface area contributed by atoms with E-state index in [2.05, 4.69) is 10.2 Å². The van der Waals surface area contributed by atoms with Crippen molar-refractivity contribution in [3.05, 3.63) is 48.0 Å². The molecule has 1 rings (SSSR count). The lowest BCUT2D eigenvalue weighted by atomic mass is 10.2. The number of nitrogens with two attached hydrogens (primary N) is 1. The zero-order valence-electron chi connectivity index (χ0n) is 9.49. The Bertz CT molecular complexity index is 617. The Morgan fingerprint density at radius 3 is 2.55 bits per heavy atom. The first kappa shape index (κ1) is 15.6. The minimum Gasteiger partial charge on any atom is -0.364 e. The molecule has 0 radical (unpaired) electrons. The summed E-state index contributed by atoms with van der Waals surface area (Å²) in [6.45, 7) is 0. The zero-order valence-corrected chi connectivity index (χ0v) is 11.0. The smallest absolute Gasteiger partial charge is 0.288 e. The standard InChI is InChI=1S/C8H6Cl2N6O4/c9-5-1-2-6(15(17)18)7(10)4(5)3-12-13-8(11)14-16(19)20/h1-3H,(H3,11,13,14)/b12-3-. The van der Waals surface area contributed by atoms with Gasteiger partial charge in [-0.3, -0.25) is 10.1 Å². The Hall–Kier alpha value is -2.46. The van der Waals surface area contributed by atoms with Crippen molar-refractivity contribution in [1.82, 2.24) is 5.43 Å². The molecule has 0 aliphatic rings. The van der Waals surface area contributed by atoms with Gasteiger partial charge in [-0.25, -0.2) is 10.1 Å². The van der Waals surface area contributed by atoms with Crippen LogP contribution in [0.4, 0.5) is 5.69 Å². The second kappa shape index (κ2) is 6.63. The van der Waals surface area contributed by atoms with Crippen molar-refractivity contribution in [2.75, 3.05) is 0 Å². The third-order valence-corrected chi connectivity index (χ3v) is 2.59. The first-order chi connectivity index (χ1) is 9.32. The molecule has 0 saturated heterocycles. The maximum Gasteiger partial charge on any atom is 0.288 e. The van der Waals surface area contributed by atoms with Gasteiger partial charge in [0.1, 0.15) is 5.02 Å². The maximum absolute atomic E-state index is 10.7. The number of nitro benzene ring substituents is 1. The number of nitro groups is 2. The van der Waals surface area contributed by atoms with E-state index < -0.39 is 15.9 Å². The molecule has 0 bridgehead atoms. The van der Waals surface area contributed by atoms with E-state index in [0.717, 1.165) is 12.3 Å². The lowest BCUT2D eigenvalue weighted by Gasteiger charge is -2.01. The molecule has 1 aromatic carbocycles. The van der Waals surface area contributed by atoms with Gasteiger partial charge >= 0.3 is 0 Å². The monoisotopic (exact) mass is 320 g/mol. The predicted molar refractivity (Wildman–Crippen MR) is 72.5 cm³/mol. The normalized spacial score (nSPS) is 11.6. The summed E-state index contributed by atoms with van der Waals surface area (Å²) < 4.78 is 0. The van der Waals surface area contributed by atoms with Crippen LogP contribution in [0.1, 0.15) is 5.56 Å². The summed E-state index contributed by atoms with van der Waals surface area (Å²) in [4.78, 5) is 20.0. The van der Waals surface area contributed by atoms with Gasteiger partial charge in [-0.1, -0.05) is 28.6 Å². The number of hydrazine groups is 1. The molecule has 0 fully saturated rings. The average Bonchev–Trinajstić information content (AvgIpc) is 2.31. The first-order valence-electron chi connectivity index (χ1n) is 4.73. The molecule has 0 aliphatic heterocycles. The second-order valence-corrected chi connectivity index (χ2v) is 3.94. The van der Waals surface area contributed by atoms with Crippen LogP contribution in [0.5, 0.6) is 0 Å². The molecular weight excluding hydrogens is 315 g/mol. The molecule has 0 aromatic heterocycles. The first-order valence-corrected chi connectivity index (χ1v) is 5.48. The fraction of sp³-hybridized carbons (Fsp3) is 0. The summed E-state index contributed by atoms with van der Waals surface area (Å²) in [5.74, 6) is -0.580. The lowest BCUT2D eigenvalue weighted by Crippen LogP contribution is -2.35. The molecule has 1 aromatic rings. The van der Waals surface area contributed by atoms with Gasteiger partial charge in [0.25, 0.3) is 11.6 Å². The van der Waals surface area contributed by atoms with Gasteiger partial charge in [-0.05, 0) is 6.07 Å². The van der Waals surface area contributed by atoms with Crippen molar-refractivity contribution in [2.24, 2.45) is 15.9 Å². The van der Waals surface area contributed by atoms with Crippen LogP contribution in [-0.2, 0) is 0 Å². The van der Waals surface area contributed by atoms with Crippen LogP contribution in [0.2, 0.25) is 10.0 Å². The summed E-state index contributed by atoms with van der Waals surface area (Å²) in [5, 5.41) is 26.3. The van der Waals surface area contributed by atoms with E-state index in [4.69, 9.17) is 28.9 Å². The number of nitrogens with one attached hydrogen (secondary N) is 1. The molecule has 0 atom stereocenters. The average molecular weight is 321 g/mol. The third-order valence-electron chi connectivity index (χ3n) is 1.86. The molecule has 0 heterocycles. The van der Waals surface area contributed by atoms with Crippen molar-refractivity contribution in [1.29, 1.82) is 0 Å². The minimum absolute atomic E-state index is 0.0418. The van der Waals surface area contributed by atoms with Crippen LogP contribution in [0.3, 0.4) is 0 Å². The summed E-state index contributed by atoms with van der Waals surface area (Å²) in [5.41, 5.74) is 6.33. The highest BCUT2D eigenvalue weighted by atomic mass is 35.5. The van der Waals surface area contributed by atoms with E-state index in [1.807, 2.05) is 0 Å². The van der Waals surface area contributed by atoms with Crippen molar-refractivity contribution in [3.8, 4) is 0 Å². The van der Waals surface area contributed by atoms with Crippen molar-refractivity contribution in [3.63, 3.8) is 0 Å². The summed E-state index contributed by atoms with van der Waals surface area (Å²) in [6, 6.07) is 2.39. The summed E-state index contributed by atoms with van der Waals surface area (Å²) in [6.07, 6.45) is 0.992. The van der Waals surface area contributed by atoms with E-state index in [0.29, 0.717) is 0 Å². The zero-order chi connectivity index (χ0) is 15.3. The molecule has 3 N–H and O–H groups in total. The molecule has 0 spiro atoms. The Morgan fingerprint density at radius 2 is 2.00 bits per heavy atom. The number of benzene rings is 1. The topological polar surface area (TPSA) is 149 Å². The van der Waals surface area contributed by atoms with Crippen LogP contribution in [-0.4, -0.2) is 22.1 Å². The number of hydrogen-bond donors (Lipinski definition) is 2. The van der Waals surface area contributed by atoms with Gasteiger partial charge in [0.15, 0.2) is 5.03 Å². The van der Waals surface area contributed by atoms with E-state index in [-0.39, 0.29) is 21.3 Å². The molecule has 106 valence electrons. The van der Waals surface area contributed by atoms with Crippen LogP contribution in [0, 0.1) is 20.2 Å². The predicted octanol–water partition coefficient (Wildman–Crippen LogP) is 1.33. The summed E-state index contributed by atoms with van der Waals surface area (Å²) >= 11 is 11.6. The molecule has 0 aliphatic carbocycles. The van der Waals surface area contributed by atoms with Crippen LogP contribution >= 0.6 is 23.2 Å². The largest absolute Gasteiger partial charge is 0.364 e.